The van der Waals surface area contributed by atoms with Crippen molar-refractivity contribution in [3.8, 4) is 6.07 Å². The van der Waals surface area contributed by atoms with Gasteiger partial charge in [-0.25, -0.2) is 0 Å². The molecular formula is C17H25N3. The average molecular weight is 271 g/mol. The van der Waals surface area contributed by atoms with E-state index in [0.29, 0.717) is 6.04 Å². The predicted molar refractivity (Wildman–Crippen MR) is 83.9 cm³/mol. The van der Waals surface area contributed by atoms with Gasteiger partial charge in [-0.1, -0.05) is 17.7 Å². The summed E-state index contributed by atoms with van der Waals surface area (Å²) in [5.74, 6) is 0. The normalized spacial score (nSPS) is 17.3. The smallest absolute Gasteiger partial charge is 0.104 e. The zero-order valence-electron chi connectivity index (χ0n) is 12.8. The van der Waals surface area contributed by atoms with Crippen LogP contribution in [-0.2, 0) is 0 Å². The van der Waals surface area contributed by atoms with E-state index in [1.165, 1.54) is 24.1 Å². The summed E-state index contributed by atoms with van der Waals surface area (Å²) >= 11 is 0. The zero-order chi connectivity index (χ0) is 14.6. The SMILES string of the molecule is Cc1ccc(N(C)CCCC(C)(C#N)NC2CC2)cc1. The topological polar surface area (TPSA) is 39.1 Å². The Balaban J connectivity index is 1.79. The fourth-order valence-electron chi connectivity index (χ4n) is 2.44. The van der Waals surface area contributed by atoms with Crippen LogP contribution in [0.4, 0.5) is 5.69 Å². The summed E-state index contributed by atoms with van der Waals surface area (Å²) in [6, 6.07) is 11.6. The lowest BCUT2D eigenvalue weighted by molar-refractivity contribution is 0.405. The van der Waals surface area contributed by atoms with Crippen molar-refractivity contribution in [3.63, 3.8) is 0 Å². The van der Waals surface area contributed by atoms with Gasteiger partial charge in [-0.2, -0.15) is 5.26 Å². The first-order valence-electron chi connectivity index (χ1n) is 7.49. The van der Waals surface area contributed by atoms with Crippen LogP contribution < -0.4 is 10.2 Å². The fraction of sp³-hybridized carbons (Fsp3) is 0.588. The lowest BCUT2D eigenvalue weighted by atomic mass is 9.97. The molecule has 1 aliphatic carbocycles. The van der Waals surface area contributed by atoms with Crippen LogP contribution in [-0.4, -0.2) is 25.2 Å². The number of nitriles is 1. The van der Waals surface area contributed by atoms with Gasteiger partial charge in [-0.05, 0) is 51.7 Å². The molecule has 1 aromatic carbocycles. The van der Waals surface area contributed by atoms with Crippen LogP contribution in [0.15, 0.2) is 24.3 Å². The van der Waals surface area contributed by atoms with Gasteiger partial charge in [0.15, 0.2) is 0 Å². The van der Waals surface area contributed by atoms with Crippen molar-refractivity contribution in [2.24, 2.45) is 0 Å². The Bertz CT molecular complexity index is 470. The van der Waals surface area contributed by atoms with E-state index >= 15 is 0 Å². The molecule has 1 atom stereocenters. The highest BCUT2D eigenvalue weighted by molar-refractivity contribution is 5.46. The predicted octanol–water partition coefficient (Wildman–Crippen LogP) is 3.25. The molecule has 20 heavy (non-hydrogen) atoms. The molecule has 0 bridgehead atoms. The third-order valence-electron chi connectivity index (χ3n) is 3.99. The van der Waals surface area contributed by atoms with Crippen molar-refractivity contribution in [1.29, 1.82) is 5.26 Å². The maximum atomic E-state index is 9.35. The molecule has 1 unspecified atom stereocenters. The largest absolute Gasteiger partial charge is 0.375 e. The van der Waals surface area contributed by atoms with Gasteiger partial charge in [-0.15, -0.1) is 0 Å². The first-order valence-corrected chi connectivity index (χ1v) is 7.49. The summed E-state index contributed by atoms with van der Waals surface area (Å²) in [7, 11) is 2.11. The summed E-state index contributed by atoms with van der Waals surface area (Å²) in [4.78, 5) is 2.26. The van der Waals surface area contributed by atoms with Gasteiger partial charge < -0.3 is 4.90 Å². The van der Waals surface area contributed by atoms with Crippen LogP contribution in [0.2, 0.25) is 0 Å². The highest BCUT2D eigenvalue weighted by atomic mass is 15.1. The highest BCUT2D eigenvalue weighted by Crippen LogP contribution is 2.24. The highest BCUT2D eigenvalue weighted by Gasteiger charge is 2.31. The summed E-state index contributed by atoms with van der Waals surface area (Å²) in [5, 5.41) is 12.8. The van der Waals surface area contributed by atoms with Crippen LogP contribution in [0.3, 0.4) is 0 Å². The average Bonchev–Trinajstić information content (AvgIpc) is 3.23. The van der Waals surface area contributed by atoms with Crippen LogP contribution in [0, 0.1) is 18.3 Å². The molecule has 1 aliphatic rings. The standard InChI is InChI=1S/C17H25N3/c1-14-5-9-16(10-6-14)20(3)12-4-11-17(2,13-18)19-15-7-8-15/h5-6,9-10,15,19H,4,7-8,11-12H2,1-3H3. The van der Waals surface area contributed by atoms with Crippen LogP contribution in [0.1, 0.15) is 38.2 Å². The number of nitrogens with one attached hydrogen (secondary N) is 1. The van der Waals surface area contributed by atoms with Crippen molar-refractivity contribution >= 4 is 5.69 Å². The summed E-state index contributed by atoms with van der Waals surface area (Å²) in [6.07, 6.45) is 4.37. The third kappa shape index (κ3) is 4.25. The number of rotatable bonds is 7. The molecule has 0 heterocycles. The molecule has 1 saturated carbocycles. The fourth-order valence-corrected chi connectivity index (χ4v) is 2.44. The van der Waals surface area contributed by atoms with Gasteiger partial charge >= 0.3 is 0 Å². The molecule has 0 radical (unpaired) electrons. The molecule has 0 aliphatic heterocycles. The number of nitrogens with zero attached hydrogens (tertiary/aromatic N) is 2. The second-order valence-corrected chi connectivity index (χ2v) is 6.22. The number of aryl methyl sites for hydroxylation is 1. The minimum absolute atomic E-state index is 0.366. The van der Waals surface area contributed by atoms with Crippen LogP contribution in [0.25, 0.3) is 0 Å². The van der Waals surface area contributed by atoms with Crippen molar-refractivity contribution in [3.05, 3.63) is 29.8 Å². The minimum atomic E-state index is -0.366. The second kappa shape index (κ2) is 6.28. The monoisotopic (exact) mass is 271 g/mol. The molecule has 2 rings (SSSR count). The van der Waals surface area contributed by atoms with Gasteiger partial charge in [0, 0.05) is 25.3 Å². The van der Waals surface area contributed by atoms with E-state index in [9.17, 15) is 5.26 Å². The van der Waals surface area contributed by atoms with E-state index in [4.69, 9.17) is 0 Å². The van der Waals surface area contributed by atoms with E-state index in [0.717, 1.165) is 19.4 Å². The van der Waals surface area contributed by atoms with E-state index in [1.54, 1.807) is 0 Å². The molecule has 3 heteroatoms. The van der Waals surface area contributed by atoms with E-state index in [2.05, 4.69) is 54.5 Å². The molecule has 3 nitrogen and oxygen atoms in total. The summed E-state index contributed by atoms with van der Waals surface area (Å²) in [5.41, 5.74) is 2.16. The molecule has 0 spiro atoms. The van der Waals surface area contributed by atoms with Crippen molar-refractivity contribution in [2.75, 3.05) is 18.5 Å². The number of benzene rings is 1. The number of hydrogen-bond acceptors (Lipinski definition) is 3. The lowest BCUT2D eigenvalue weighted by Crippen LogP contribution is -2.42. The molecule has 108 valence electrons. The molecule has 1 fully saturated rings. The second-order valence-electron chi connectivity index (χ2n) is 6.22. The maximum Gasteiger partial charge on any atom is 0.104 e. The molecule has 1 N–H and O–H groups in total. The van der Waals surface area contributed by atoms with Gasteiger partial charge in [0.05, 0.1) is 6.07 Å². The van der Waals surface area contributed by atoms with Gasteiger partial charge in [0.2, 0.25) is 0 Å². The molecule has 0 saturated heterocycles. The molecule has 1 aromatic rings. The maximum absolute atomic E-state index is 9.35. The third-order valence-corrected chi connectivity index (χ3v) is 3.99. The van der Waals surface area contributed by atoms with Gasteiger partial charge in [0.1, 0.15) is 5.54 Å². The van der Waals surface area contributed by atoms with E-state index in [-0.39, 0.29) is 5.54 Å². The Kier molecular flexibility index (Phi) is 4.67. The van der Waals surface area contributed by atoms with E-state index < -0.39 is 0 Å². The summed E-state index contributed by atoms with van der Waals surface area (Å²) < 4.78 is 0. The van der Waals surface area contributed by atoms with Gasteiger partial charge in [-0.3, -0.25) is 5.32 Å². The summed E-state index contributed by atoms with van der Waals surface area (Å²) in [6.45, 7) is 5.11. The Morgan fingerprint density at radius 1 is 1.35 bits per heavy atom. The van der Waals surface area contributed by atoms with Crippen molar-refractivity contribution in [2.45, 2.75) is 51.1 Å². The minimum Gasteiger partial charge on any atom is -0.375 e. The van der Waals surface area contributed by atoms with Crippen LogP contribution >= 0.6 is 0 Å². The van der Waals surface area contributed by atoms with E-state index in [1.807, 2.05) is 6.92 Å². The first-order chi connectivity index (χ1) is 9.52. The van der Waals surface area contributed by atoms with Crippen LogP contribution in [0.5, 0.6) is 0 Å². The Morgan fingerprint density at radius 3 is 2.55 bits per heavy atom. The van der Waals surface area contributed by atoms with Crippen molar-refractivity contribution in [1.82, 2.24) is 5.32 Å². The molecular weight excluding hydrogens is 246 g/mol. The van der Waals surface area contributed by atoms with Gasteiger partial charge in [0.25, 0.3) is 0 Å². The number of hydrogen-bond donors (Lipinski definition) is 1. The quantitative estimate of drug-likeness (QED) is 0.827. The Hall–Kier alpha value is -1.53. The number of anilines is 1. The Morgan fingerprint density at radius 2 is 2.00 bits per heavy atom. The molecule has 0 aromatic heterocycles. The Labute approximate surface area is 122 Å². The first kappa shape index (κ1) is 14.9. The molecule has 0 amide bonds. The lowest BCUT2D eigenvalue weighted by Gasteiger charge is -2.25. The zero-order valence-corrected chi connectivity index (χ0v) is 12.8. The van der Waals surface area contributed by atoms with Crippen molar-refractivity contribution < 1.29 is 0 Å².